The fourth-order valence-corrected chi connectivity index (χ4v) is 3.97. The van der Waals surface area contributed by atoms with Crippen molar-refractivity contribution in [2.45, 2.75) is 45.1 Å². The van der Waals surface area contributed by atoms with Crippen LogP contribution in [0.5, 0.6) is 11.6 Å². The number of aromatic nitrogens is 3. The minimum Gasteiger partial charge on any atom is -0.438 e. The highest BCUT2D eigenvalue weighted by molar-refractivity contribution is 5.94. The molecule has 1 fully saturated rings. The van der Waals surface area contributed by atoms with Gasteiger partial charge >= 0.3 is 0 Å². The van der Waals surface area contributed by atoms with Crippen molar-refractivity contribution in [2.75, 3.05) is 0 Å². The molecular formula is C24H26N4O2. The first-order chi connectivity index (χ1) is 14.7. The van der Waals surface area contributed by atoms with Crippen molar-refractivity contribution in [1.29, 1.82) is 0 Å². The van der Waals surface area contributed by atoms with Crippen molar-refractivity contribution in [3.8, 4) is 22.9 Å². The lowest BCUT2D eigenvalue weighted by atomic mass is 9.84. The second kappa shape index (κ2) is 9.48. The Morgan fingerprint density at radius 2 is 1.93 bits per heavy atom. The molecule has 1 atom stereocenters. The number of benzene rings is 1. The highest BCUT2D eigenvalue weighted by Gasteiger charge is 2.22. The van der Waals surface area contributed by atoms with E-state index in [2.05, 4.69) is 27.2 Å². The van der Waals surface area contributed by atoms with Gasteiger partial charge in [0.05, 0.1) is 11.3 Å². The lowest BCUT2D eigenvalue weighted by Gasteiger charge is -2.28. The first kappa shape index (κ1) is 20.0. The van der Waals surface area contributed by atoms with Crippen LogP contribution in [0.15, 0.2) is 61.2 Å². The number of carbonyl (C=O) groups excluding carboxylic acids is 1. The van der Waals surface area contributed by atoms with E-state index in [0.29, 0.717) is 23.1 Å². The second-order valence-corrected chi connectivity index (χ2v) is 7.74. The Morgan fingerprint density at radius 1 is 1.07 bits per heavy atom. The summed E-state index contributed by atoms with van der Waals surface area (Å²) in [7, 11) is 0. The maximum atomic E-state index is 12.8. The van der Waals surface area contributed by atoms with Gasteiger partial charge in [0.25, 0.3) is 5.91 Å². The lowest BCUT2D eigenvalue weighted by molar-refractivity contribution is 0.0919. The Bertz CT molecular complexity index is 987. The molecule has 2 aromatic heterocycles. The number of carbonyl (C=O) groups is 1. The molecule has 0 radical (unpaired) electrons. The molecule has 6 heteroatoms. The molecule has 0 unspecified atom stereocenters. The number of nitrogens with zero attached hydrogens (tertiary/aromatic N) is 3. The minimum absolute atomic E-state index is 0.0735. The van der Waals surface area contributed by atoms with E-state index < -0.39 is 0 Å². The Hall–Kier alpha value is -3.28. The molecule has 6 nitrogen and oxygen atoms in total. The van der Waals surface area contributed by atoms with Gasteiger partial charge in [-0.2, -0.15) is 0 Å². The normalized spacial score (nSPS) is 15.4. The van der Waals surface area contributed by atoms with E-state index >= 15 is 0 Å². The number of hydrogen-bond acceptors (Lipinski definition) is 5. The van der Waals surface area contributed by atoms with E-state index in [1.54, 1.807) is 30.6 Å². The van der Waals surface area contributed by atoms with E-state index in [1.165, 1.54) is 38.4 Å². The smallest absolute Gasteiger partial charge is 0.251 e. The standard InChI is InChI=1S/C24H26N4O2/c1-17(18-7-3-2-4-8-18)28-23(29)19-9-5-10-20(15-19)30-24-21(11-6-13-26-24)22-12-14-25-16-27-22/h5-6,9-18H,2-4,7-8H2,1H3,(H,28,29)/t17-/m1/s1. The summed E-state index contributed by atoms with van der Waals surface area (Å²) in [5, 5.41) is 3.17. The zero-order valence-electron chi connectivity index (χ0n) is 17.1. The van der Waals surface area contributed by atoms with Crippen molar-refractivity contribution in [1.82, 2.24) is 20.3 Å². The van der Waals surface area contributed by atoms with Gasteiger partial charge in [-0.1, -0.05) is 25.3 Å². The predicted molar refractivity (Wildman–Crippen MR) is 115 cm³/mol. The highest BCUT2D eigenvalue weighted by Crippen LogP contribution is 2.30. The monoisotopic (exact) mass is 402 g/mol. The topological polar surface area (TPSA) is 77.0 Å². The van der Waals surface area contributed by atoms with Crippen LogP contribution in [0.3, 0.4) is 0 Å². The Kier molecular flexibility index (Phi) is 6.32. The molecule has 0 aliphatic heterocycles. The third-order valence-electron chi connectivity index (χ3n) is 5.66. The molecule has 30 heavy (non-hydrogen) atoms. The Labute approximate surface area is 176 Å². The molecular weight excluding hydrogens is 376 g/mol. The second-order valence-electron chi connectivity index (χ2n) is 7.74. The molecule has 0 spiro atoms. The van der Waals surface area contributed by atoms with Gasteiger partial charge in [-0.05, 0) is 62.1 Å². The minimum atomic E-state index is -0.0735. The van der Waals surface area contributed by atoms with Gasteiger partial charge in [-0.3, -0.25) is 4.79 Å². The van der Waals surface area contributed by atoms with Crippen LogP contribution in [0.4, 0.5) is 0 Å². The lowest BCUT2D eigenvalue weighted by Crippen LogP contribution is -2.38. The molecule has 2 heterocycles. The Balaban J connectivity index is 1.48. The van der Waals surface area contributed by atoms with Crippen LogP contribution < -0.4 is 10.1 Å². The van der Waals surface area contributed by atoms with Gasteiger partial charge in [0.2, 0.25) is 5.88 Å². The molecule has 154 valence electrons. The molecule has 0 bridgehead atoms. The number of nitrogens with one attached hydrogen (secondary N) is 1. The highest BCUT2D eigenvalue weighted by atomic mass is 16.5. The van der Waals surface area contributed by atoms with Gasteiger partial charge < -0.3 is 10.1 Å². The van der Waals surface area contributed by atoms with E-state index in [0.717, 1.165) is 11.3 Å². The maximum absolute atomic E-state index is 12.8. The van der Waals surface area contributed by atoms with Crippen molar-refractivity contribution < 1.29 is 9.53 Å². The molecule has 1 aliphatic carbocycles. The van der Waals surface area contributed by atoms with E-state index in [1.807, 2.05) is 24.3 Å². The summed E-state index contributed by atoms with van der Waals surface area (Å²) in [4.78, 5) is 25.4. The summed E-state index contributed by atoms with van der Waals surface area (Å²) in [6.07, 6.45) is 11.0. The molecule has 1 aromatic carbocycles. The summed E-state index contributed by atoms with van der Waals surface area (Å²) in [6.45, 7) is 2.11. The molecule has 3 aromatic rings. The van der Waals surface area contributed by atoms with Crippen LogP contribution in [-0.4, -0.2) is 26.9 Å². The fourth-order valence-electron chi connectivity index (χ4n) is 3.97. The van der Waals surface area contributed by atoms with E-state index in [-0.39, 0.29) is 11.9 Å². The summed E-state index contributed by atoms with van der Waals surface area (Å²) < 4.78 is 6.02. The van der Waals surface area contributed by atoms with E-state index in [9.17, 15) is 4.79 Å². The number of rotatable bonds is 6. The van der Waals surface area contributed by atoms with Crippen LogP contribution in [0.25, 0.3) is 11.3 Å². The molecule has 0 saturated heterocycles. The molecule has 1 saturated carbocycles. The van der Waals surface area contributed by atoms with Gasteiger partial charge in [0.15, 0.2) is 0 Å². The van der Waals surface area contributed by atoms with Crippen molar-refractivity contribution in [3.05, 3.63) is 66.7 Å². The molecule has 1 aliphatic rings. The van der Waals surface area contributed by atoms with Crippen LogP contribution in [0, 0.1) is 5.92 Å². The number of pyridine rings is 1. The number of ether oxygens (including phenoxy) is 1. The third-order valence-corrected chi connectivity index (χ3v) is 5.66. The quantitative estimate of drug-likeness (QED) is 0.626. The first-order valence-corrected chi connectivity index (χ1v) is 10.5. The number of hydrogen-bond donors (Lipinski definition) is 1. The van der Waals surface area contributed by atoms with Gasteiger partial charge in [0.1, 0.15) is 12.1 Å². The van der Waals surface area contributed by atoms with Crippen LogP contribution in [0.1, 0.15) is 49.4 Å². The van der Waals surface area contributed by atoms with Crippen LogP contribution >= 0.6 is 0 Å². The molecule has 1 N–H and O–H groups in total. The first-order valence-electron chi connectivity index (χ1n) is 10.5. The molecule has 1 amide bonds. The Morgan fingerprint density at radius 3 is 2.73 bits per heavy atom. The zero-order valence-corrected chi connectivity index (χ0v) is 17.1. The van der Waals surface area contributed by atoms with Gasteiger partial charge in [-0.15, -0.1) is 0 Å². The van der Waals surface area contributed by atoms with Crippen molar-refractivity contribution in [3.63, 3.8) is 0 Å². The average Bonchev–Trinajstić information content (AvgIpc) is 2.81. The summed E-state index contributed by atoms with van der Waals surface area (Å²) >= 11 is 0. The van der Waals surface area contributed by atoms with E-state index in [4.69, 9.17) is 4.74 Å². The van der Waals surface area contributed by atoms with Crippen molar-refractivity contribution in [2.24, 2.45) is 5.92 Å². The van der Waals surface area contributed by atoms with Gasteiger partial charge in [-0.25, -0.2) is 15.0 Å². The summed E-state index contributed by atoms with van der Waals surface area (Å²) in [5.74, 6) is 1.48. The van der Waals surface area contributed by atoms with Crippen LogP contribution in [0.2, 0.25) is 0 Å². The number of amides is 1. The third kappa shape index (κ3) is 4.82. The van der Waals surface area contributed by atoms with Gasteiger partial charge in [0, 0.05) is 24.0 Å². The SMILES string of the molecule is C[C@@H](NC(=O)c1cccc(Oc2ncccc2-c2ccncn2)c1)C1CCCCC1. The largest absolute Gasteiger partial charge is 0.438 e. The van der Waals surface area contributed by atoms with Crippen LogP contribution in [-0.2, 0) is 0 Å². The fraction of sp³-hybridized carbons (Fsp3) is 0.333. The zero-order chi connectivity index (χ0) is 20.8. The van der Waals surface area contributed by atoms with Crippen molar-refractivity contribution >= 4 is 5.91 Å². The molecule has 4 rings (SSSR count). The summed E-state index contributed by atoms with van der Waals surface area (Å²) in [5.41, 5.74) is 2.07. The maximum Gasteiger partial charge on any atom is 0.251 e. The summed E-state index contributed by atoms with van der Waals surface area (Å²) in [6, 6.07) is 12.9. The average molecular weight is 402 g/mol. The predicted octanol–water partition coefficient (Wildman–Crippen LogP) is 5.03.